The lowest BCUT2D eigenvalue weighted by molar-refractivity contribution is 0.0231. The zero-order chi connectivity index (χ0) is 23.0. The molecule has 2 amide bonds. The van der Waals surface area contributed by atoms with Crippen LogP contribution in [0.1, 0.15) is 55.1 Å². The van der Waals surface area contributed by atoms with E-state index in [0.29, 0.717) is 31.6 Å². The van der Waals surface area contributed by atoms with Crippen LogP contribution in [0.25, 0.3) is 0 Å². The van der Waals surface area contributed by atoms with E-state index in [2.05, 4.69) is 15.7 Å². The van der Waals surface area contributed by atoms with Gasteiger partial charge in [0.05, 0.1) is 19.3 Å². The van der Waals surface area contributed by atoms with Crippen LogP contribution in [0.3, 0.4) is 0 Å². The molecular formula is C24H35N5O3. The van der Waals surface area contributed by atoms with Gasteiger partial charge >= 0.3 is 6.09 Å². The van der Waals surface area contributed by atoms with Crippen molar-refractivity contribution < 1.29 is 14.3 Å². The Morgan fingerprint density at radius 2 is 1.91 bits per heavy atom. The Hall–Kier alpha value is -2.87. The topological polar surface area (TPSA) is 88.5 Å². The lowest BCUT2D eigenvalue weighted by Gasteiger charge is -2.27. The summed E-state index contributed by atoms with van der Waals surface area (Å²) >= 11 is 0. The largest absolute Gasteiger partial charge is 0.444 e. The summed E-state index contributed by atoms with van der Waals surface area (Å²) in [6, 6.07) is 7.68. The Kier molecular flexibility index (Phi) is 8.27. The number of benzene rings is 1. The van der Waals surface area contributed by atoms with Crippen LogP contribution in [-0.4, -0.2) is 58.5 Å². The summed E-state index contributed by atoms with van der Waals surface area (Å²) < 4.78 is 7.52. The minimum absolute atomic E-state index is 0.0478. The Morgan fingerprint density at radius 1 is 1.09 bits per heavy atom. The normalized spacial score (nSPS) is 17.0. The molecule has 0 saturated carbocycles. The van der Waals surface area contributed by atoms with Crippen molar-refractivity contribution in [1.29, 1.82) is 0 Å². The number of ether oxygens (including phenoxy) is 1. The maximum Gasteiger partial charge on any atom is 0.410 e. The van der Waals surface area contributed by atoms with Crippen LogP contribution in [0.4, 0.5) is 4.79 Å². The fourth-order valence-electron chi connectivity index (χ4n) is 3.64. The highest BCUT2D eigenvalue weighted by molar-refractivity contribution is 5.95. The number of nitrogens with one attached hydrogen (secondary N) is 2. The molecular weight excluding hydrogens is 406 g/mol. The van der Waals surface area contributed by atoms with Crippen molar-refractivity contribution in [3.63, 3.8) is 0 Å². The molecule has 8 nitrogen and oxygen atoms in total. The minimum Gasteiger partial charge on any atom is -0.444 e. The molecule has 1 aliphatic rings. The Bertz CT molecular complexity index is 903. The molecule has 2 bridgehead atoms. The number of rotatable bonds is 0. The number of nitrogens with zero attached hydrogens (tertiary/aromatic N) is 3. The number of amides is 2. The number of fused-ring (bicyclic) bond motifs is 3. The molecule has 1 aromatic carbocycles. The van der Waals surface area contributed by atoms with Gasteiger partial charge in [0.15, 0.2) is 0 Å². The second kappa shape index (κ2) is 11.1. The first kappa shape index (κ1) is 23.8. The lowest BCUT2D eigenvalue weighted by Crippen LogP contribution is -2.37. The minimum atomic E-state index is -0.566. The summed E-state index contributed by atoms with van der Waals surface area (Å²) in [6.45, 7) is 9.54. The van der Waals surface area contributed by atoms with Gasteiger partial charge in [0.2, 0.25) is 0 Å². The SMILES string of the molecule is CC(C)(C)OC(=O)N1CCCc2ccccc2C(=O)NCCCNCCn2cc(cn2)C1. The average Bonchev–Trinajstić information content (AvgIpc) is 3.18. The van der Waals surface area contributed by atoms with Gasteiger partial charge in [-0.1, -0.05) is 18.2 Å². The highest BCUT2D eigenvalue weighted by Crippen LogP contribution is 2.16. The second-order valence-corrected chi connectivity index (χ2v) is 9.13. The van der Waals surface area contributed by atoms with Crippen molar-refractivity contribution in [2.75, 3.05) is 26.2 Å². The standard InChI is InChI=1S/C24H35N5O3/c1-24(2,3)32-23(31)28-14-6-9-20-8-4-5-10-21(20)22(30)26-12-7-11-25-13-15-29-18-19(17-28)16-27-29/h4-5,8,10,16,18,25H,6-7,9,11-15,17H2,1-3H3,(H,26,30). The fourth-order valence-corrected chi connectivity index (χ4v) is 3.64. The first-order valence-electron chi connectivity index (χ1n) is 11.4. The molecule has 2 N–H and O–H groups in total. The van der Waals surface area contributed by atoms with E-state index in [9.17, 15) is 9.59 Å². The third-order valence-corrected chi connectivity index (χ3v) is 5.18. The molecule has 32 heavy (non-hydrogen) atoms. The van der Waals surface area contributed by atoms with Gasteiger partial charge in [0.25, 0.3) is 5.91 Å². The zero-order valence-corrected chi connectivity index (χ0v) is 19.4. The molecule has 0 fully saturated rings. The lowest BCUT2D eigenvalue weighted by atomic mass is 10.0. The number of hydrogen-bond acceptors (Lipinski definition) is 5. The van der Waals surface area contributed by atoms with E-state index in [1.165, 1.54) is 0 Å². The van der Waals surface area contributed by atoms with Gasteiger partial charge in [-0.3, -0.25) is 9.48 Å². The Balaban J connectivity index is 1.77. The number of carbonyl (C=O) groups is 2. The molecule has 0 atom stereocenters. The molecule has 1 aromatic heterocycles. The van der Waals surface area contributed by atoms with Crippen LogP contribution in [0.5, 0.6) is 0 Å². The first-order chi connectivity index (χ1) is 15.3. The molecule has 0 saturated heterocycles. The van der Waals surface area contributed by atoms with Crippen LogP contribution in [0.2, 0.25) is 0 Å². The van der Waals surface area contributed by atoms with E-state index in [1.807, 2.05) is 62.1 Å². The smallest absolute Gasteiger partial charge is 0.410 e. The third-order valence-electron chi connectivity index (χ3n) is 5.18. The highest BCUT2D eigenvalue weighted by Gasteiger charge is 2.23. The molecule has 0 aliphatic carbocycles. The van der Waals surface area contributed by atoms with Crippen molar-refractivity contribution in [3.05, 3.63) is 53.3 Å². The first-order valence-corrected chi connectivity index (χ1v) is 11.4. The molecule has 0 spiro atoms. The number of aromatic nitrogens is 2. The summed E-state index contributed by atoms with van der Waals surface area (Å²) in [5, 5.41) is 10.8. The summed E-state index contributed by atoms with van der Waals surface area (Å²) in [6.07, 6.45) is 5.74. The summed E-state index contributed by atoms with van der Waals surface area (Å²) in [4.78, 5) is 27.2. The van der Waals surface area contributed by atoms with E-state index in [4.69, 9.17) is 4.74 Å². The van der Waals surface area contributed by atoms with E-state index in [1.54, 1.807) is 4.90 Å². The van der Waals surface area contributed by atoms with E-state index in [-0.39, 0.29) is 12.0 Å². The third kappa shape index (κ3) is 7.37. The quantitative estimate of drug-likeness (QED) is 0.656. The number of aryl methyl sites for hydroxylation is 1. The molecule has 2 aromatic rings. The van der Waals surface area contributed by atoms with Crippen molar-refractivity contribution in [2.24, 2.45) is 0 Å². The molecule has 0 radical (unpaired) electrons. The maximum atomic E-state index is 12.9. The van der Waals surface area contributed by atoms with Crippen LogP contribution in [0.15, 0.2) is 36.7 Å². The van der Waals surface area contributed by atoms with Gasteiger partial charge in [0.1, 0.15) is 5.60 Å². The Labute approximate surface area is 190 Å². The highest BCUT2D eigenvalue weighted by atomic mass is 16.6. The van der Waals surface area contributed by atoms with Gasteiger partial charge in [-0.15, -0.1) is 0 Å². The van der Waals surface area contributed by atoms with Gasteiger partial charge in [-0.25, -0.2) is 4.79 Å². The van der Waals surface area contributed by atoms with Crippen LogP contribution in [0, 0.1) is 0 Å². The molecule has 174 valence electrons. The average molecular weight is 442 g/mol. The molecule has 2 heterocycles. The zero-order valence-electron chi connectivity index (χ0n) is 19.4. The van der Waals surface area contributed by atoms with Gasteiger partial charge in [0, 0.05) is 37.0 Å². The Morgan fingerprint density at radius 3 is 2.72 bits per heavy atom. The van der Waals surface area contributed by atoms with Gasteiger partial charge in [-0.2, -0.15) is 5.10 Å². The second-order valence-electron chi connectivity index (χ2n) is 9.13. The van der Waals surface area contributed by atoms with E-state index >= 15 is 0 Å². The molecule has 3 rings (SSSR count). The summed E-state index contributed by atoms with van der Waals surface area (Å²) in [5.41, 5.74) is 2.09. The monoisotopic (exact) mass is 441 g/mol. The van der Waals surface area contributed by atoms with Crippen molar-refractivity contribution in [3.8, 4) is 0 Å². The van der Waals surface area contributed by atoms with Crippen molar-refractivity contribution in [1.82, 2.24) is 25.3 Å². The van der Waals surface area contributed by atoms with Crippen LogP contribution in [-0.2, 0) is 24.2 Å². The van der Waals surface area contributed by atoms with Gasteiger partial charge in [-0.05, 0) is 58.2 Å². The van der Waals surface area contributed by atoms with E-state index < -0.39 is 5.60 Å². The van der Waals surface area contributed by atoms with E-state index in [0.717, 1.165) is 43.6 Å². The van der Waals surface area contributed by atoms with Crippen LogP contribution < -0.4 is 10.6 Å². The van der Waals surface area contributed by atoms with Gasteiger partial charge < -0.3 is 20.3 Å². The predicted octanol–water partition coefficient (Wildman–Crippen LogP) is 2.98. The number of hydrogen-bond donors (Lipinski definition) is 2. The molecule has 8 heteroatoms. The van der Waals surface area contributed by atoms with Crippen molar-refractivity contribution in [2.45, 2.75) is 58.7 Å². The van der Waals surface area contributed by atoms with Crippen molar-refractivity contribution >= 4 is 12.0 Å². The number of carbonyl (C=O) groups excluding carboxylic acids is 2. The predicted molar refractivity (Wildman–Crippen MR) is 123 cm³/mol. The fraction of sp³-hybridized carbons (Fsp3) is 0.542. The van der Waals surface area contributed by atoms with Crippen LogP contribution >= 0.6 is 0 Å². The summed E-state index contributed by atoms with van der Waals surface area (Å²) in [7, 11) is 0. The maximum absolute atomic E-state index is 12.9. The summed E-state index contributed by atoms with van der Waals surface area (Å²) in [5.74, 6) is -0.0478. The molecule has 0 unspecified atom stereocenters. The molecule has 1 aliphatic heterocycles.